The second-order valence-electron chi connectivity index (χ2n) is 8.36. The molecule has 0 saturated heterocycles. The van der Waals surface area contributed by atoms with E-state index in [9.17, 15) is 9.59 Å². The van der Waals surface area contributed by atoms with E-state index in [4.69, 9.17) is 9.47 Å². The van der Waals surface area contributed by atoms with Crippen molar-refractivity contribution < 1.29 is 19.1 Å². The van der Waals surface area contributed by atoms with Gasteiger partial charge in [-0.15, -0.1) is 0 Å². The summed E-state index contributed by atoms with van der Waals surface area (Å²) in [6.07, 6.45) is 11.1. The van der Waals surface area contributed by atoms with Gasteiger partial charge in [0.25, 0.3) is 0 Å². The van der Waals surface area contributed by atoms with Crippen LogP contribution in [0.4, 0.5) is 0 Å². The molecule has 174 valence electrons. The van der Waals surface area contributed by atoms with Crippen molar-refractivity contribution >= 4 is 11.9 Å². The SMILES string of the molecule is CCCCCCCCCCCC(C(=O)OCc1ccccc1)C(=O)OCc1ccccc1. The Balaban J connectivity index is 1.79. The highest BCUT2D eigenvalue weighted by atomic mass is 16.6. The summed E-state index contributed by atoms with van der Waals surface area (Å²) in [6.45, 7) is 2.56. The Morgan fingerprint density at radius 3 is 1.47 bits per heavy atom. The number of hydrogen-bond donors (Lipinski definition) is 0. The van der Waals surface area contributed by atoms with Gasteiger partial charge in [0.2, 0.25) is 0 Å². The van der Waals surface area contributed by atoms with Crippen LogP contribution in [0.2, 0.25) is 0 Å². The van der Waals surface area contributed by atoms with E-state index in [1.807, 2.05) is 60.7 Å². The molecular weight excluding hydrogens is 400 g/mol. The second kappa shape index (κ2) is 16.1. The average molecular weight is 439 g/mol. The molecule has 0 atom stereocenters. The predicted molar refractivity (Wildman–Crippen MR) is 128 cm³/mol. The number of ether oxygens (including phenoxy) is 2. The van der Waals surface area contributed by atoms with Gasteiger partial charge in [0.1, 0.15) is 13.2 Å². The highest BCUT2D eigenvalue weighted by Gasteiger charge is 2.29. The van der Waals surface area contributed by atoms with Gasteiger partial charge in [0, 0.05) is 0 Å². The van der Waals surface area contributed by atoms with Crippen LogP contribution in [0.15, 0.2) is 60.7 Å². The molecule has 2 aromatic carbocycles. The quantitative estimate of drug-likeness (QED) is 0.161. The van der Waals surface area contributed by atoms with Gasteiger partial charge in [-0.3, -0.25) is 9.59 Å². The largest absolute Gasteiger partial charge is 0.460 e. The number of rotatable bonds is 16. The van der Waals surface area contributed by atoms with Crippen molar-refractivity contribution in [3.8, 4) is 0 Å². The molecule has 0 bridgehead atoms. The standard InChI is InChI=1S/C28H38O4/c1-2-3-4-5-6-7-8-9-16-21-26(27(29)31-22-24-17-12-10-13-18-24)28(30)32-23-25-19-14-11-15-20-25/h10-15,17-20,26H,2-9,16,21-23H2,1H3. The molecule has 0 radical (unpaired) electrons. The van der Waals surface area contributed by atoms with E-state index in [0.29, 0.717) is 6.42 Å². The van der Waals surface area contributed by atoms with Crippen molar-refractivity contribution in [1.29, 1.82) is 0 Å². The van der Waals surface area contributed by atoms with Crippen LogP contribution in [0.3, 0.4) is 0 Å². The highest BCUT2D eigenvalue weighted by Crippen LogP contribution is 2.18. The summed E-state index contributed by atoms with van der Waals surface area (Å²) >= 11 is 0. The molecule has 0 aliphatic carbocycles. The second-order valence-corrected chi connectivity index (χ2v) is 8.36. The molecule has 0 spiro atoms. The number of carbonyl (C=O) groups is 2. The van der Waals surface area contributed by atoms with E-state index >= 15 is 0 Å². The summed E-state index contributed by atoms with van der Waals surface area (Å²) < 4.78 is 10.9. The summed E-state index contributed by atoms with van der Waals surface area (Å²) in [7, 11) is 0. The number of hydrogen-bond acceptors (Lipinski definition) is 4. The minimum Gasteiger partial charge on any atom is -0.460 e. The van der Waals surface area contributed by atoms with Crippen molar-refractivity contribution in [2.75, 3.05) is 0 Å². The van der Waals surface area contributed by atoms with Crippen LogP contribution in [-0.2, 0) is 32.3 Å². The lowest BCUT2D eigenvalue weighted by Gasteiger charge is -2.16. The van der Waals surface area contributed by atoms with Crippen LogP contribution in [0, 0.1) is 5.92 Å². The van der Waals surface area contributed by atoms with Gasteiger partial charge in [0.05, 0.1) is 0 Å². The van der Waals surface area contributed by atoms with Gasteiger partial charge in [-0.05, 0) is 17.5 Å². The third kappa shape index (κ3) is 10.6. The topological polar surface area (TPSA) is 52.6 Å². The van der Waals surface area contributed by atoms with Crippen molar-refractivity contribution in [1.82, 2.24) is 0 Å². The number of esters is 2. The van der Waals surface area contributed by atoms with E-state index in [1.165, 1.54) is 38.5 Å². The monoisotopic (exact) mass is 438 g/mol. The first-order valence-electron chi connectivity index (χ1n) is 12.1. The third-order valence-corrected chi connectivity index (χ3v) is 5.61. The fraction of sp³-hybridized carbons (Fsp3) is 0.500. The molecule has 4 heteroatoms. The van der Waals surface area contributed by atoms with Crippen LogP contribution < -0.4 is 0 Å². The molecule has 32 heavy (non-hydrogen) atoms. The van der Waals surface area contributed by atoms with Gasteiger partial charge in [-0.2, -0.15) is 0 Å². The first-order valence-corrected chi connectivity index (χ1v) is 12.1. The van der Waals surface area contributed by atoms with Crippen LogP contribution in [-0.4, -0.2) is 11.9 Å². The lowest BCUT2D eigenvalue weighted by atomic mass is 10.00. The Morgan fingerprint density at radius 2 is 1.03 bits per heavy atom. The Morgan fingerprint density at radius 1 is 0.625 bits per heavy atom. The van der Waals surface area contributed by atoms with E-state index in [0.717, 1.165) is 30.4 Å². The van der Waals surface area contributed by atoms with E-state index in [-0.39, 0.29) is 13.2 Å². The molecule has 0 aromatic heterocycles. The van der Waals surface area contributed by atoms with Crippen molar-refractivity contribution in [3.63, 3.8) is 0 Å². The molecule has 0 heterocycles. The zero-order valence-corrected chi connectivity index (χ0v) is 19.5. The van der Waals surface area contributed by atoms with Gasteiger partial charge < -0.3 is 9.47 Å². The summed E-state index contributed by atoms with van der Waals surface area (Å²) in [4.78, 5) is 25.4. The lowest BCUT2D eigenvalue weighted by molar-refractivity contribution is -0.164. The first kappa shape index (κ1) is 25.6. The number of benzene rings is 2. The third-order valence-electron chi connectivity index (χ3n) is 5.61. The first-order chi connectivity index (χ1) is 15.7. The molecule has 0 aliphatic rings. The predicted octanol–water partition coefficient (Wildman–Crippen LogP) is 7.01. The number of carbonyl (C=O) groups excluding carboxylic acids is 2. The van der Waals surface area contributed by atoms with Crippen molar-refractivity contribution in [3.05, 3.63) is 71.8 Å². The fourth-order valence-electron chi connectivity index (χ4n) is 3.65. The van der Waals surface area contributed by atoms with Gasteiger partial charge in [-0.25, -0.2) is 0 Å². The van der Waals surface area contributed by atoms with Crippen LogP contribution in [0.1, 0.15) is 82.3 Å². The minimum absolute atomic E-state index is 0.167. The summed E-state index contributed by atoms with van der Waals surface area (Å²) in [5, 5.41) is 0. The van der Waals surface area contributed by atoms with E-state index < -0.39 is 17.9 Å². The summed E-state index contributed by atoms with van der Waals surface area (Å²) in [6, 6.07) is 19.0. The smallest absolute Gasteiger partial charge is 0.320 e. The molecule has 4 nitrogen and oxygen atoms in total. The maximum Gasteiger partial charge on any atom is 0.320 e. The maximum atomic E-state index is 12.7. The molecule has 0 N–H and O–H groups in total. The molecule has 2 rings (SSSR count). The molecular formula is C28H38O4. The lowest BCUT2D eigenvalue weighted by Crippen LogP contribution is -2.28. The normalized spacial score (nSPS) is 10.8. The maximum absolute atomic E-state index is 12.7. The summed E-state index contributed by atoms with van der Waals surface area (Å²) in [5.41, 5.74) is 1.81. The Labute approximate surface area is 193 Å². The summed E-state index contributed by atoms with van der Waals surface area (Å²) in [5.74, 6) is -1.86. The van der Waals surface area contributed by atoms with Crippen molar-refractivity contribution in [2.45, 2.75) is 84.3 Å². The Hall–Kier alpha value is -2.62. The minimum atomic E-state index is -0.869. The van der Waals surface area contributed by atoms with Gasteiger partial charge in [0.15, 0.2) is 5.92 Å². The Kier molecular flexibility index (Phi) is 12.9. The molecule has 0 saturated carbocycles. The van der Waals surface area contributed by atoms with Crippen LogP contribution in [0.5, 0.6) is 0 Å². The number of unbranched alkanes of at least 4 members (excludes halogenated alkanes) is 8. The average Bonchev–Trinajstić information content (AvgIpc) is 2.83. The molecule has 0 aliphatic heterocycles. The van der Waals surface area contributed by atoms with Crippen molar-refractivity contribution in [2.24, 2.45) is 5.92 Å². The Bertz CT molecular complexity index is 702. The fourth-order valence-corrected chi connectivity index (χ4v) is 3.65. The highest BCUT2D eigenvalue weighted by molar-refractivity contribution is 5.94. The van der Waals surface area contributed by atoms with Crippen LogP contribution in [0.25, 0.3) is 0 Å². The molecule has 2 aromatic rings. The van der Waals surface area contributed by atoms with Gasteiger partial charge in [-0.1, -0.05) is 125 Å². The van der Waals surface area contributed by atoms with Gasteiger partial charge >= 0.3 is 11.9 Å². The molecule has 0 unspecified atom stereocenters. The molecule has 0 fully saturated rings. The zero-order chi connectivity index (χ0) is 22.9. The zero-order valence-electron chi connectivity index (χ0n) is 19.5. The van der Waals surface area contributed by atoms with E-state index in [2.05, 4.69) is 6.92 Å². The molecule has 0 amide bonds. The van der Waals surface area contributed by atoms with E-state index in [1.54, 1.807) is 0 Å². The van der Waals surface area contributed by atoms with Crippen LogP contribution >= 0.6 is 0 Å².